The highest BCUT2D eigenvalue weighted by Crippen LogP contribution is 2.29. The van der Waals surface area contributed by atoms with Gasteiger partial charge in [0, 0.05) is 48.6 Å². The van der Waals surface area contributed by atoms with Crippen molar-refractivity contribution in [1.82, 2.24) is 14.7 Å². The van der Waals surface area contributed by atoms with Gasteiger partial charge >= 0.3 is 0 Å². The lowest BCUT2D eigenvalue weighted by molar-refractivity contribution is -0.117. The molecule has 3 rings (SSSR count). The molecule has 6 heteroatoms. The number of carbonyl (C=O) groups excluding carboxylic acids is 1. The fraction of sp³-hybridized carbons (Fsp3) is 0.444. The topological polar surface area (TPSA) is 50.2 Å². The van der Waals surface area contributed by atoms with E-state index < -0.39 is 0 Å². The second-order valence-corrected chi connectivity index (χ2v) is 7.45. The van der Waals surface area contributed by atoms with Gasteiger partial charge in [0.15, 0.2) is 0 Å². The van der Waals surface area contributed by atoms with E-state index in [-0.39, 0.29) is 11.9 Å². The molecule has 1 aliphatic heterocycles. The number of carbonyl (C=O) groups is 1. The van der Waals surface area contributed by atoms with Crippen LogP contribution in [0, 0.1) is 13.8 Å². The van der Waals surface area contributed by atoms with E-state index in [1.165, 1.54) is 11.1 Å². The minimum atomic E-state index is 0.0458. The highest BCUT2D eigenvalue weighted by molar-refractivity contribution is 7.99. The van der Waals surface area contributed by atoms with Gasteiger partial charge in [0.1, 0.15) is 0 Å². The summed E-state index contributed by atoms with van der Waals surface area (Å²) in [5.41, 5.74) is 4.41. The predicted octanol–water partition coefficient (Wildman–Crippen LogP) is 2.77. The van der Waals surface area contributed by atoms with Crippen LogP contribution in [-0.4, -0.2) is 45.2 Å². The van der Waals surface area contributed by atoms with Crippen molar-refractivity contribution in [3.63, 3.8) is 0 Å². The summed E-state index contributed by atoms with van der Waals surface area (Å²) >= 11 is 1.94. The number of aromatic nitrogens is 2. The third kappa shape index (κ3) is 3.82. The first kappa shape index (κ1) is 17.0. The Morgan fingerprint density at radius 1 is 1.42 bits per heavy atom. The van der Waals surface area contributed by atoms with Gasteiger partial charge in [0.25, 0.3) is 0 Å². The largest absolute Gasteiger partial charge is 0.325 e. The summed E-state index contributed by atoms with van der Waals surface area (Å²) in [5, 5.41) is 7.34. The SMILES string of the molecule is Cc1cccc(NC(=O)CN2CCSCC2c2cnn(C)c2)c1C. The normalized spacial score (nSPS) is 18.5. The smallest absolute Gasteiger partial charge is 0.238 e. The molecule has 1 amide bonds. The van der Waals surface area contributed by atoms with Gasteiger partial charge in [-0.25, -0.2) is 0 Å². The molecule has 1 saturated heterocycles. The zero-order chi connectivity index (χ0) is 17.1. The Morgan fingerprint density at radius 2 is 2.25 bits per heavy atom. The summed E-state index contributed by atoms with van der Waals surface area (Å²) in [6, 6.07) is 6.26. The summed E-state index contributed by atoms with van der Waals surface area (Å²) in [6.45, 7) is 5.43. The van der Waals surface area contributed by atoms with Crippen molar-refractivity contribution in [2.24, 2.45) is 7.05 Å². The molecule has 24 heavy (non-hydrogen) atoms. The fourth-order valence-electron chi connectivity index (χ4n) is 3.01. The van der Waals surface area contributed by atoms with Crippen LogP contribution >= 0.6 is 11.8 Å². The maximum atomic E-state index is 12.5. The molecule has 0 saturated carbocycles. The average Bonchev–Trinajstić information content (AvgIpc) is 2.99. The summed E-state index contributed by atoms with van der Waals surface area (Å²) in [5.74, 6) is 2.11. The molecular formula is C18H24N4OS. The van der Waals surface area contributed by atoms with Crippen molar-refractivity contribution >= 4 is 23.4 Å². The quantitative estimate of drug-likeness (QED) is 0.927. The fourth-order valence-corrected chi connectivity index (χ4v) is 4.16. The van der Waals surface area contributed by atoms with E-state index in [2.05, 4.69) is 28.3 Å². The van der Waals surface area contributed by atoms with Crippen molar-refractivity contribution in [3.05, 3.63) is 47.3 Å². The average molecular weight is 344 g/mol. The molecule has 1 N–H and O–H groups in total. The van der Waals surface area contributed by atoms with Crippen molar-refractivity contribution in [1.29, 1.82) is 0 Å². The number of aryl methyl sites for hydroxylation is 2. The molecule has 2 aromatic rings. The van der Waals surface area contributed by atoms with E-state index in [9.17, 15) is 4.79 Å². The van der Waals surface area contributed by atoms with Crippen molar-refractivity contribution in [2.75, 3.05) is 29.9 Å². The number of benzene rings is 1. The second-order valence-electron chi connectivity index (χ2n) is 6.30. The Morgan fingerprint density at radius 3 is 3.00 bits per heavy atom. The molecule has 1 aliphatic rings. The second kappa shape index (κ2) is 7.40. The first-order valence-electron chi connectivity index (χ1n) is 8.21. The molecule has 2 heterocycles. The molecule has 128 valence electrons. The molecule has 1 fully saturated rings. The zero-order valence-electron chi connectivity index (χ0n) is 14.5. The van der Waals surface area contributed by atoms with Crippen LogP contribution in [0.5, 0.6) is 0 Å². The van der Waals surface area contributed by atoms with E-state index in [0.717, 1.165) is 29.3 Å². The van der Waals surface area contributed by atoms with Gasteiger partial charge in [-0.3, -0.25) is 14.4 Å². The Labute approximate surface area is 147 Å². The van der Waals surface area contributed by atoms with Gasteiger partial charge in [0.2, 0.25) is 5.91 Å². The molecule has 0 spiro atoms. The number of amides is 1. The molecule has 0 radical (unpaired) electrons. The Hall–Kier alpha value is -1.79. The number of thioether (sulfide) groups is 1. The third-order valence-electron chi connectivity index (χ3n) is 4.57. The van der Waals surface area contributed by atoms with Crippen LogP contribution in [-0.2, 0) is 11.8 Å². The lowest BCUT2D eigenvalue weighted by Gasteiger charge is -2.34. The monoisotopic (exact) mass is 344 g/mol. The molecular weight excluding hydrogens is 320 g/mol. The van der Waals surface area contributed by atoms with E-state index >= 15 is 0 Å². The first-order valence-corrected chi connectivity index (χ1v) is 9.36. The van der Waals surface area contributed by atoms with Crippen molar-refractivity contribution < 1.29 is 4.79 Å². The van der Waals surface area contributed by atoms with E-state index in [1.54, 1.807) is 0 Å². The Bertz CT molecular complexity index is 728. The Balaban J connectivity index is 1.68. The van der Waals surface area contributed by atoms with Gasteiger partial charge in [-0.15, -0.1) is 0 Å². The number of hydrogen-bond acceptors (Lipinski definition) is 4. The Kier molecular flexibility index (Phi) is 5.26. The lowest BCUT2D eigenvalue weighted by atomic mass is 10.1. The van der Waals surface area contributed by atoms with Crippen LogP contribution in [0.3, 0.4) is 0 Å². The van der Waals surface area contributed by atoms with Gasteiger partial charge in [-0.1, -0.05) is 12.1 Å². The summed E-state index contributed by atoms with van der Waals surface area (Å²) in [4.78, 5) is 14.8. The van der Waals surface area contributed by atoms with E-state index in [0.29, 0.717) is 6.54 Å². The number of hydrogen-bond donors (Lipinski definition) is 1. The third-order valence-corrected chi connectivity index (χ3v) is 5.60. The standard InChI is InChI=1S/C18H24N4OS/c1-13-5-4-6-16(14(13)2)20-18(23)11-22-7-8-24-12-17(22)15-9-19-21(3)10-15/h4-6,9-10,17H,7-8,11-12H2,1-3H3,(H,20,23). The first-order chi connectivity index (χ1) is 11.5. The van der Waals surface area contributed by atoms with Gasteiger partial charge in [0.05, 0.1) is 12.7 Å². The summed E-state index contributed by atoms with van der Waals surface area (Å²) < 4.78 is 1.82. The minimum Gasteiger partial charge on any atom is -0.325 e. The van der Waals surface area contributed by atoms with E-state index in [1.807, 2.05) is 54.9 Å². The van der Waals surface area contributed by atoms with Crippen LogP contribution in [0.1, 0.15) is 22.7 Å². The molecule has 1 unspecified atom stereocenters. The molecule has 1 atom stereocenters. The molecule has 0 aliphatic carbocycles. The lowest BCUT2D eigenvalue weighted by Crippen LogP contribution is -2.41. The highest BCUT2D eigenvalue weighted by atomic mass is 32.2. The van der Waals surface area contributed by atoms with Crippen LogP contribution in [0.2, 0.25) is 0 Å². The maximum absolute atomic E-state index is 12.5. The molecule has 1 aromatic heterocycles. The van der Waals surface area contributed by atoms with Crippen molar-refractivity contribution in [2.45, 2.75) is 19.9 Å². The van der Waals surface area contributed by atoms with Gasteiger partial charge in [-0.05, 0) is 31.0 Å². The van der Waals surface area contributed by atoms with Crippen LogP contribution in [0.15, 0.2) is 30.6 Å². The summed E-state index contributed by atoms with van der Waals surface area (Å²) in [7, 11) is 1.93. The zero-order valence-corrected chi connectivity index (χ0v) is 15.3. The molecule has 5 nitrogen and oxygen atoms in total. The van der Waals surface area contributed by atoms with Crippen LogP contribution in [0.4, 0.5) is 5.69 Å². The number of nitrogens with one attached hydrogen (secondary N) is 1. The van der Waals surface area contributed by atoms with Gasteiger partial charge < -0.3 is 5.32 Å². The van der Waals surface area contributed by atoms with E-state index in [4.69, 9.17) is 0 Å². The number of rotatable bonds is 4. The summed E-state index contributed by atoms with van der Waals surface area (Å²) in [6.07, 6.45) is 3.96. The molecule has 1 aromatic carbocycles. The number of anilines is 1. The molecule has 0 bridgehead atoms. The highest BCUT2D eigenvalue weighted by Gasteiger charge is 2.27. The minimum absolute atomic E-state index is 0.0458. The maximum Gasteiger partial charge on any atom is 0.238 e. The van der Waals surface area contributed by atoms with Gasteiger partial charge in [-0.2, -0.15) is 16.9 Å². The van der Waals surface area contributed by atoms with Crippen molar-refractivity contribution in [3.8, 4) is 0 Å². The van der Waals surface area contributed by atoms with Crippen LogP contribution in [0.25, 0.3) is 0 Å². The van der Waals surface area contributed by atoms with Crippen LogP contribution < -0.4 is 5.32 Å². The predicted molar refractivity (Wildman–Crippen MR) is 99.4 cm³/mol. The number of nitrogens with zero attached hydrogens (tertiary/aromatic N) is 3.